The van der Waals surface area contributed by atoms with Gasteiger partial charge in [0.25, 0.3) is 0 Å². The molecule has 0 bridgehead atoms. The van der Waals surface area contributed by atoms with Gasteiger partial charge in [-0.25, -0.2) is 0 Å². The highest BCUT2D eigenvalue weighted by atomic mass is 79.9. The zero-order valence-corrected chi connectivity index (χ0v) is 20.8. The van der Waals surface area contributed by atoms with Crippen LogP contribution < -0.4 is 0 Å². The Kier molecular flexibility index (Phi) is 15.1. The molecule has 0 radical (unpaired) electrons. The van der Waals surface area contributed by atoms with Gasteiger partial charge in [-0.1, -0.05) is 99.9 Å². The molecule has 0 saturated heterocycles. The van der Waals surface area contributed by atoms with Crippen LogP contribution in [0.15, 0.2) is 0 Å². The maximum absolute atomic E-state index is 12.7. The van der Waals surface area contributed by atoms with Crippen LogP contribution in [0.1, 0.15) is 96.8 Å². The van der Waals surface area contributed by atoms with Gasteiger partial charge in [0.15, 0.2) is 11.4 Å². The first kappa shape index (κ1) is 28.5. The molecule has 0 aliphatic carbocycles. The number of rotatable bonds is 19. The van der Waals surface area contributed by atoms with E-state index in [2.05, 4.69) is 22.9 Å². The van der Waals surface area contributed by atoms with Crippen molar-refractivity contribution in [2.24, 2.45) is 0 Å². The van der Waals surface area contributed by atoms with E-state index in [1.54, 1.807) is 0 Å². The van der Waals surface area contributed by atoms with Crippen molar-refractivity contribution in [3.63, 3.8) is 0 Å². The SMILES string of the molecule is CCCCCCCCCCCCCCC(Br)C(=O)C(O)(CC(=O)O)C[N+](C)(C)C. The van der Waals surface area contributed by atoms with Crippen molar-refractivity contribution >= 4 is 27.7 Å². The van der Waals surface area contributed by atoms with Crippen molar-refractivity contribution in [1.29, 1.82) is 0 Å². The Hall–Kier alpha value is -0.460. The first-order chi connectivity index (χ1) is 13.5. The fourth-order valence-electron chi connectivity index (χ4n) is 3.84. The number of ketones is 1. The molecule has 0 spiro atoms. The van der Waals surface area contributed by atoms with E-state index in [1.165, 1.54) is 64.2 Å². The number of carboxylic acid groups (broad SMARTS) is 1. The number of quaternary nitrogens is 1. The summed E-state index contributed by atoms with van der Waals surface area (Å²) in [6, 6.07) is 0. The lowest BCUT2D eigenvalue weighted by molar-refractivity contribution is -0.875. The third kappa shape index (κ3) is 15.1. The maximum atomic E-state index is 12.7. The number of hydrogen-bond acceptors (Lipinski definition) is 3. The molecule has 0 aromatic rings. The largest absolute Gasteiger partial charge is 0.481 e. The number of carbonyl (C=O) groups excluding carboxylic acids is 1. The van der Waals surface area contributed by atoms with Gasteiger partial charge >= 0.3 is 5.97 Å². The predicted molar refractivity (Wildman–Crippen MR) is 124 cm³/mol. The van der Waals surface area contributed by atoms with E-state index in [-0.39, 0.29) is 6.54 Å². The van der Waals surface area contributed by atoms with Gasteiger partial charge in [0.1, 0.15) is 6.54 Å². The van der Waals surface area contributed by atoms with Crippen LogP contribution in [0.5, 0.6) is 0 Å². The third-order valence-electron chi connectivity index (χ3n) is 5.23. The zero-order valence-electron chi connectivity index (χ0n) is 19.2. The Balaban J connectivity index is 4.06. The Morgan fingerprint density at radius 2 is 1.28 bits per heavy atom. The van der Waals surface area contributed by atoms with E-state index < -0.39 is 28.6 Å². The van der Waals surface area contributed by atoms with Crippen LogP contribution in [-0.2, 0) is 9.59 Å². The molecule has 0 aliphatic rings. The molecule has 0 saturated carbocycles. The average molecular weight is 480 g/mol. The van der Waals surface area contributed by atoms with Crippen molar-refractivity contribution in [2.45, 2.75) is 107 Å². The van der Waals surface area contributed by atoms with Gasteiger partial charge < -0.3 is 14.7 Å². The summed E-state index contributed by atoms with van der Waals surface area (Å²) in [7, 11) is 5.53. The second kappa shape index (κ2) is 15.4. The highest BCUT2D eigenvalue weighted by Crippen LogP contribution is 2.24. The fraction of sp³-hybridized carbons (Fsp3) is 0.913. The summed E-state index contributed by atoms with van der Waals surface area (Å²) in [5, 5.41) is 19.9. The number of alkyl halides is 1. The molecule has 5 nitrogen and oxygen atoms in total. The van der Waals surface area contributed by atoms with Crippen LogP contribution in [0, 0.1) is 0 Å². The third-order valence-corrected chi connectivity index (χ3v) is 6.11. The van der Waals surface area contributed by atoms with Crippen LogP contribution in [-0.4, -0.2) is 64.6 Å². The Bertz CT molecular complexity index is 464. The Labute approximate surface area is 187 Å². The second-order valence-electron chi connectivity index (χ2n) is 9.56. The topological polar surface area (TPSA) is 74.6 Å². The number of Topliss-reactive ketones (excluding diaryl/α,β-unsaturated/α-hetero) is 1. The molecule has 2 atom stereocenters. The van der Waals surface area contributed by atoms with E-state index in [0.717, 1.165) is 12.8 Å². The van der Waals surface area contributed by atoms with E-state index in [0.29, 0.717) is 10.9 Å². The number of halogens is 1. The molecule has 6 heteroatoms. The number of nitrogens with zero attached hydrogens (tertiary/aromatic N) is 1. The highest BCUT2D eigenvalue weighted by molar-refractivity contribution is 9.10. The zero-order chi connectivity index (χ0) is 22.3. The van der Waals surface area contributed by atoms with E-state index in [9.17, 15) is 14.7 Å². The minimum absolute atomic E-state index is 0.0820. The molecule has 0 aromatic heterocycles. The van der Waals surface area contributed by atoms with Crippen LogP contribution >= 0.6 is 15.9 Å². The molecule has 0 aromatic carbocycles. The minimum atomic E-state index is -1.84. The molecular formula is C23H45BrNO4+. The van der Waals surface area contributed by atoms with Gasteiger partial charge in [-0.2, -0.15) is 0 Å². The number of aliphatic hydroxyl groups is 1. The van der Waals surface area contributed by atoms with Gasteiger partial charge in [-0.15, -0.1) is 0 Å². The van der Waals surface area contributed by atoms with Crippen molar-refractivity contribution in [2.75, 3.05) is 27.7 Å². The number of unbranched alkanes of at least 4 members (excludes halogenated alkanes) is 11. The van der Waals surface area contributed by atoms with Gasteiger partial charge in [0.2, 0.25) is 0 Å². The summed E-state index contributed by atoms with van der Waals surface area (Å²) in [6.45, 7) is 2.33. The van der Waals surface area contributed by atoms with E-state index in [1.807, 2.05) is 21.1 Å². The summed E-state index contributed by atoms with van der Waals surface area (Å²) < 4.78 is 0.327. The molecule has 29 heavy (non-hydrogen) atoms. The normalized spacial score (nSPS) is 15.1. The Morgan fingerprint density at radius 3 is 1.66 bits per heavy atom. The van der Waals surface area contributed by atoms with Crippen LogP contribution in [0.2, 0.25) is 0 Å². The molecule has 0 fully saturated rings. The molecular weight excluding hydrogens is 434 g/mol. The fourth-order valence-corrected chi connectivity index (χ4v) is 4.59. The average Bonchev–Trinajstić information content (AvgIpc) is 2.59. The molecule has 2 N–H and O–H groups in total. The number of carboxylic acids is 1. The quantitative estimate of drug-likeness (QED) is 0.149. The van der Waals surface area contributed by atoms with Gasteiger partial charge in [-0.3, -0.25) is 9.59 Å². The molecule has 172 valence electrons. The van der Waals surface area contributed by atoms with Crippen molar-refractivity contribution in [3.8, 4) is 0 Å². The first-order valence-electron chi connectivity index (χ1n) is 11.4. The molecule has 0 amide bonds. The standard InChI is InChI=1S/C23H44BrNO4/c1-5-6-7-8-9-10-11-12-13-14-15-16-17-20(24)22(28)23(29,18-21(26)27)19-25(2,3)4/h20,29H,5-19H2,1-4H3/p+1. The summed E-state index contributed by atoms with van der Waals surface area (Å²) >= 11 is 3.40. The number of likely N-dealkylation sites (N-methyl/N-ethyl adjacent to an activating group) is 1. The molecule has 0 aliphatic heterocycles. The summed E-state index contributed by atoms with van der Waals surface area (Å²) in [5.74, 6) is -1.56. The molecule has 0 heterocycles. The number of hydrogen-bond donors (Lipinski definition) is 2. The van der Waals surface area contributed by atoms with Crippen LogP contribution in [0.3, 0.4) is 0 Å². The predicted octanol–water partition coefficient (Wildman–Crippen LogP) is 5.32. The van der Waals surface area contributed by atoms with Gasteiger partial charge in [0.05, 0.1) is 32.4 Å². The Morgan fingerprint density at radius 1 is 0.862 bits per heavy atom. The van der Waals surface area contributed by atoms with Crippen molar-refractivity contribution in [1.82, 2.24) is 0 Å². The van der Waals surface area contributed by atoms with Crippen LogP contribution in [0.4, 0.5) is 0 Å². The summed E-state index contributed by atoms with van der Waals surface area (Å²) in [4.78, 5) is 23.4. The minimum Gasteiger partial charge on any atom is -0.481 e. The monoisotopic (exact) mass is 478 g/mol. The molecule has 0 rings (SSSR count). The van der Waals surface area contributed by atoms with E-state index in [4.69, 9.17) is 5.11 Å². The smallest absolute Gasteiger partial charge is 0.306 e. The lowest BCUT2D eigenvalue weighted by Crippen LogP contribution is -2.56. The lowest BCUT2D eigenvalue weighted by Gasteiger charge is -2.34. The lowest BCUT2D eigenvalue weighted by atomic mass is 9.89. The summed E-state index contributed by atoms with van der Waals surface area (Å²) in [6.07, 6.45) is 15.2. The van der Waals surface area contributed by atoms with E-state index >= 15 is 0 Å². The first-order valence-corrected chi connectivity index (χ1v) is 12.4. The number of aliphatic carboxylic acids is 1. The van der Waals surface area contributed by atoms with Crippen molar-refractivity contribution < 1.29 is 24.3 Å². The highest BCUT2D eigenvalue weighted by Gasteiger charge is 2.45. The van der Waals surface area contributed by atoms with Crippen molar-refractivity contribution in [3.05, 3.63) is 0 Å². The second-order valence-corrected chi connectivity index (χ2v) is 10.7. The van der Waals surface area contributed by atoms with Crippen LogP contribution in [0.25, 0.3) is 0 Å². The van der Waals surface area contributed by atoms with Gasteiger partial charge in [-0.05, 0) is 6.42 Å². The maximum Gasteiger partial charge on any atom is 0.306 e. The van der Waals surface area contributed by atoms with Gasteiger partial charge in [0, 0.05) is 0 Å². The molecule has 2 unspecified atom stereocenters. The number of carbonyl (C=O) groups is 2. The summed E-state index contributed by atoms with van der Waals surface area (Å²) in [5.41, 5.74) is -1.84.